The lowest BCUT2D eigenvalue weighted by atomic mass is 9.85. The summed E-state index contributed by atoms with van der Waals surface area (Å²) in [7, 11) is 0. The predicted octanol–water partition coefficient (Wildman–Crippen LogP) is 3.98. The first kappa shape index (κ1) is 13.4. The number of hydrogen-bond donors (Lipinski definition) is 0. The van der Waals surface area contributed by atoms with Crippen molar-refractivity contribution in [2.45, 2.75) is 53.9 Å². The van der Waals surface area contributed by atoms with Gasteiger partial charge in [-0.05, 0) is 18.3 Å². The number of hydrogen-bond acceptors (Lipinski definition) is 1. The molecule has 0 fully saturated rings. The van der Waals surface area contributed by atoms with E-state index in [-0.39, 0.29) is 11.3 Å². The van der Waals surface area contributed by atoms with Crippen molar-refractivity contribution >= 4 is 5.78 Å². The van der Waals surface area contributed by atoms with Gasteiger partial charge < -0.3 is 0 Å². The number of ketones is 1. The molecule has 0 radical (unpaired) electrons. The first-order valence-corrected chi connectivity index (χ1v) is 5.54. The normalized spacial score (nSPS) is 14.6. The molecule has 14 heavy (non-hydrogen) atoms. The topological polar surface area (TPSA) is 17.1 Å². The van der Waals surface area contributed by atoms with Gasteiger partial charge in [-0.25, -0.2) is 0 Å². The van der Waals surface area contributed by atoms with Crippen molar-refractivity contribution in [1.82, 2.24) is 0 Å². The Kier molecular flexibility index (Phi) is 5.75. The van der Waals surface area contributed by atoms with E-state index in [9.17, 15) is 4.79 Å². The van der Waals surface area contributed by atoms with Gasteiger partial charge in [-0.1, -0.05) is 46.8 Å². The van der Waals surface area contributed by atoms with E-state index in [1.807, 2.05) is 6.92 Å². The zero-order valence-electron chi connectivity index (χ0n) is 10.3. The summed E-state index contributed by atoms with van der Waals surface area (Å²) in [5.74, 6) is 0.565. The average Bonchev–Trinajstić information content (AvgIpc) is 2.01. The van der Waals surface area contributed by atoms with E-state index in [2.05, 4.69) is 39.8 Å². The molecule has 0 saturated heterocycles. The Morgan fingerprint density at radius 1 is 1.29 bits per heavy atom. The van der Waals surface area contributed by atoms with Gasteiger partial charge in [0.25, 0.3) is 0 Å². The molecule has 0 rings (SSSR count). The molecule has 0 aliphatic heterocycles. The maximum absolute atomic E-state index is 11.7. The van der Waals surface area contributed by atoms with Crippen LogP contribution >= 0.6 is 0 Å². The second-order valence-electron chi connectivity index (χ2n) is 5.22. The Morgan fingerprint density at radius 2 is 1.86 bits per heavy atom. The lowest BCUT2D eigenvalue weighted by molar-refractivity contribution is -0.124. The van der Waals surface area contributed by atoms with Gasteiger partial charge in [0.1, 0.15) is 5.78 Å². The highest BCUT2D eigenvalue weighted by molar-refractivity contribution is 5.81. The summed E-state index contributed by atoms with van der Waals surface area (Å²) in [6, 6.07) is 0. The van der Waals surface area contributed by atoms with Gasteiger partial charge in [0.2, 0.25) is 0 Å². The summed E-state index contributed by atoms with van der Waals surface area (Å²) < 4.78 is 0. The summed E-state index contributed by atoms with van der Waals surface area (Å²) in [4.78, 5) is 11.7. The molecule has 1 atom stereocenters. The molecule has 0 heterocycles. The van der Waals surface area contributed by atoms with Crippen molar-refractivity contribution in [2.75, 3.05) is 0 Å². The minimum absolute atomic E-state index is 0.125. The molecule has 1 unspecified atom stereocenters. The number of allylic oxidation sites excluding steroid dienone is 2. The zero-order valence-corrected chi connectivity index (χ0v) is 10.3. The molecule has 82 valence electrons. The van der Waals surface area contributed by atoms with Gasteiger partial charge >= 0.3 is 0 Å². The van der Waals surface area contributed by atoms with Crippen LogP contribution in [0.4, 0.5) is 0 Å². The minimum atomic E-state index is 0.125. The summed E-state index contributed by atoms with van der Waals surface area (Å²) >= 11 is 0. The Bertz CT molecular complexity index is 196. The van der Waals surface area contributed by atoms with Crippen LogP contribution in [0, 0.1) is 11.3 Å². The third-order valence-electron chi connectivity index (χ3n) is 2.15. The van der Waals surface area contributed by atoms with Crippen LogP contribution in [0.1, 0.15) is 53.9 Å². The molecule has 0 aliphatic carbocycles. The van der Waals surface area contributed by atoms with Gasteiger partial charge in [0.05, 0.1) is 0 Å². The Labute approximate surface area is 88.6 Å². The first-order chi connectivity index (χ1) is 6.37. The van der Waals surface area contributed by atoms with Crippen molar-refractivity contribution in [3.05, 3.63) is 12.2 Å². The SMILES string of the molecule is CC/C=C\CC(C)C(=O)CC(C)(C)C. The van der Waals surface area contributed by atoms with E-state index in [4.69, 9.17) is 0 Å². The van der Waals surface area contributed by atoms with Gasteiger partial charge in [-0.15, -0.1) is 0 Å². The van der Waals surface area contributed by atoms with Crippen molar-refractivity contribution in [3.8, 4) is 0 Å². The Hall–Kier alpha value is -0.590. The molecule has 0 N–H and O–H groups in total. The first-order valence-electron chi connectivity index (χ1n) is 5.54. The van der Waals surface area contributed by atoms with Crippen LogP contribution in [0.2, 0.25) is 0 Å². The van der Waals surface area contributed by atoms with Crippen LogP contribution < -0.4 is 0 Å². The summed E-state index contributed by atoms with van der Waals surface area (Å²) in [5.41, 5.74) is 0.125. The fraction of sp³-hybridized carbons (Fsp3) is 0.769. The number of carbonyl (C=O) groups excluding carboxylic acids is 1. The lowest BCUT2D eigenvalue weighted by Crippen LogP contribution is -2.18. The molecule has 0 spiro atoms. The standard InChI is InChI=1S/C13H24O/c1-6-7-8-9-11(2)12(14)10-13(3,4)5/h7-8,11H,6,9-10H2,1-5H3/b8-7-. The van der Waals surface area contributed by atoms with Crippen LogP contribution in [-0.4, -0.2) is 5.78 Å². The smallest absolute Gasteiger partial charge is 0.136 e. The highest BCUT2D eigenvalue weighted by Gasteiger charge is 2.19. The van der Waals surface area contributed by atoms with Crippen molar-refractivity contribution in [1.29, 1.82) is 0 Å². The van der Waals surface area contributed by atoms with E-state index < -0.39 is 0 Å². The quantitative estimate of drug-likeness (QED) is 0.608. The summed E-state index contributed by atoms with van der Waals surface area (Å²) in [6.07, 6.45) is 6.88. The monoisotopic (exact) mass is 196 g/mol. The van der Waals surface area contributed by atoms with E-state index in [0.717, 1.165) is 12.8 Å². The van der Waals surface area contributed by atoms with E-state index in [1.54, 1.807) is 0 Å². The van der Waals surface area contributed by atoms with Crippen molar-refractivity contribution < 1.29 is 4.79 Å². The maximum Gasteiger partial charge on any atom is 0.136 e. The van der Waals surface area contributed by atoms with Crippen molar-refractivity contribution in [2.24, 2.45) is 11.3 Å². The predicted molar refractivity (Wildman–Crippen MR) is 62.3 cm³/mol. The van der Waals surface area contributed by atoms with E-state index in [1.165, 1.54) is 0 Å². The highest BCUT2D eigenvalue weighted by Crippen LogP contribution is 2.22. The van der Waals surface area contributed by atoms with E-state index >= 15 is 0 Å². The molecule has 0 aromatic rings. The molecule has 0 bridgehead atoms. The molecule has 0 amide bonds. The molecule has 0 aromatic heterocycles. The minimum Gasteiger partial charge on any atom is -0.299 e. The third-order valence-corrected chi connectivity index (χ3v) is 2.15. The second-order valence-corrected chi connectivity index (χ2v) is 5.22. The molecule has 1 nitrogen and oxygen atoms in total. The molecule has 0 aromatic carbocycles. The number of carbonyl (C=O) groups is 1. The highest BCUT2D eigenvalue weighted by atomic mass is 16.1. The zero-order chi connectivity index (χ0) is 11.2. The summed E-state index contributed by atoms with van der Waals surface area (Å²) in [5, 5.41) is 0. The van der Waals surface area contributed by atoms with Crippen LogP contribution in [0.25, 0.3) is 0 Å². The van der Waals surface area contributed by atoms with Gasteiger partial charge in [0.15, 0.2) is 0 Å². The Balaban J connectivity index is 3.94. The van der Waals surface area contributed by atoms with Gasteiger partial charge in [-0.3, -0.25) is 4.79 Å². The van der Waals surface area contributed by atoms with Crippen LogP contribution in [0.5, 0.6) is 0 Å². The number of Topliss-reactive ketones (excluding diaryl/α,β-unsaturated/α-hetero) is 1. The molecular formula is C13H24O. The number of rotatable bonds is 5. The van der Waals surface area contributed by atoms with Gasteiger partial charge in [0, 0.05) is 12.3 Å². The fourth-order valence-corrected chi connectivity index (χ4v) is 1.30. The second kappa shape index (κ2) is 6.00. The molecule has 0 aliphatic rings. The molecule has 0 saturated carbocycles. The van der Waals surface area contributed by atoms with E-state index in [0.29, 0.717) is 12.2 Å². The van der Waals surface area contributed by atoms with Crippen LogP contribution in [0.3, 0.4) is 0 Å². The largest absolute Gasteiger partial charge is 0.299 e. The fourth-order valence-electron chi connectivity index (χ4n) is 1.30. The van der Waals surface area contributed by atoms with Crippen molar-refractivity contribution in [3.63, 3.8) is 0 Å². The lowest BCUT2D eigenvalue weighted by Gasteiger charge is -2.19. The molecule has 1 heteroatoms. The Morgan fingerprint density at radius 3 is 2.29 bits per heavy atom. The molecular weight excluding hydrogens is 172 g/mol. The summed E-state index contributed by atoms with van der Waals surface area (Å²) in [6.45, 7) is 10.5. The third kappa shape index (κ3) is 6.88. The average molecular weight is 196 g/mol. The van der Waals surface area contributed by atoms with Crippen LogP contribution in [-0.2, 0) is 4.79 Å². The van der Waals surface area contributed by atoms with Gasteiger partial charge in [-0.2, -0.15) is 0 Å². The van der Waals surface area contributed by atoms with Crippen LogP contribution in [0.15, 0.2) is 12.2 Å². The maximum atomic E-state index is 11.7.